The van der Waals surface area contributed by atoms with Crippen LogP contribution in [-0.2, 0) is 0 Å². The van der Waals surface area contributed by atoms with Crippen molar-refractivity contribution in [2.45, 2.75) is 19.8 Å². The van der Waals surface area contributed by atoms with Crippen LogP contribution in [0.1, 0.15) is 35.7 Å². The molecule has 1 N–H and O–H groups in total. The molecule has 0 fully saturated rings. The molecule has 0 bridgehead atoms. The molecule has 0 unspecified atom stereocenters. The molecule has 2 rings (SSSR count). The Morgan fingerprint density at radius 1 is 1.10 bits per heavy atom. The van der Waals surface area contributed by atoms with Gasteiger partial charge in [-0.2, -0.15) is 0 Å². The molecule has 4 heteroatoms. The summed E-state index contributed by atoms with van der Waals surface area (Å²) in [6.45, 7) is 4.26. The van der Waals surface area contributed by atoms with Crippen molar-refractivity contribution in [2.24, 2.45) is 0 Å². The van der Waals surface area contributed by atoms with Crippen molar-refractivity contribution < 1.29 is 4.79 Å². The van der Waals surface area contributed by atoms with E-state index in [1.54, 1.807) is 6.20 Å². The van der Waals surface area contributed by atoms with Crippen molar-refractivity contribution >= 4 is 17.4 Å². The highest BCUT2D eigenvalue weighted by atomic mass is 16.1. The lowest BCUT2D eigenvalue weighted by molar-refractivity contribution is 0.102. The molecule has 110 valence electrons. The Balaban J connectivity index is 2.06. The number of nitrogens with zero attached hydrogens (tertiary/aromatic N) is 2. The number of anilines is 2. The summed E-state index contributed by atoms with van der Waals surface area (Å²) in [5.41, 5.74) is 2.57. The molecule has 0 atom stereocenters. The third-order valence-electron chi connectivity index (χ3n) is 3.30. The van der Waals surface area contributed by atoms with Crippen LogP contribution in [0.25, 0.3) is 0 Å². The van der Waals surface area contributed by atoms with E-state index in [9.17, 15) is 4.79 Å². The van der Waals surface area contributed by atoms with Gasteiger partial charge in [0.1, 0.15) is 5.82 Å². The molecule has 0 aliphatic heterocycles. The number of carbonyl (C=O) groups is 1. The van der Waals surface area contributed by atoms with Gasteiger partial charge in [0, 0.05) is 19.7 Å². The van der Waals surface area contributed by atoms with E-state index in [1.165, 1.54) is 5.56 Å². The molecule has 0 spiro atoms. The lowest BCUT2D eigenvalue weighted by Crippen LogP contribution is -2.13. The predicted molar refractivity (Wildman–Crippen MR) is 87.0 cm³/mol. The van der Waals surface area contributed by atoms with Crippen molar-refractivity contribution in [3.8, 4) is 0 Å². The second-order valence-electron chi connectivity index (χ2n) is 5.53. The van der Waals surface area contributed by atoms with Crippen molar-refractivity contribution in [1.29, 1.82) is 0 Å². The second kappa shape index (κ2) is 6.39. The molecule has 0 saturated heterocycles. The molecular formula is C17H21N3O. The normalized spacial score (nSPS) is 10.5. The first-order valence-electron chi connectivity index (χ1n) is 7.02. The number of hydrogen-bond acceptors (Lipinski definition) is 3. The standard InChI is InChI=1S/C17H21N3O/c1-12(2)13-5-7-14(8-6-13)17(21)19-15-9-10-16(18-11-15)20(3)4/h5-12H,1-4H3,(H,19,21). The van der Waals surface area contributed by atoms with Gasteiger partial charge in [0.2, 0.25) is 0 Å². The van der Waals surface area contributed by atoms with E-state index in [-0.39, 0.29) is 5.91 Å². The summed E-state index contributed by atoms with van der Waals surface area (Å²) < 4.78 is 0. The molecule has 0 aliphatic rings. The van der Waals surface area contributed by atoms with Gasteiger partial charge in [0.05, 0.1) is 11.9 Å². The van der Waals surface area contributed by atoms with E-state index < -0.39 is 0 Å². The number of rotatable bonds is 4. The topological polar surface area (TPSA) is 45.2 Å². The van der Waals surface area contributed by atoms with Crippen molar-refractivity contribution in [2.75, 3.05) is 24.3 Å². The molecule has 0 radical (unpaired) electrons. The largest absolute Gasteiger partial charge is 0.363 e. The van der Waals surface area contributed by atoms with Gasteiger partial charge in [0.15, 0.2) is 0 Å². The first-order chi connectivity index (χ1) is 9.97. The Bertz CT molecular complexity index is 601. The predicted octanol–water partition coefficient (Wildman–Crippen LogP) is 3.52. The summed E-state index contributed by atoms with van der Waals surface area (Å²) in [6.07, 6.45) is 1.66. The summed E-state index contributed by atoms with van der Waals surface area (Å²) in [6, 6.07) is 11.4. The van der Waals surface area contributed by atoms with Gasteiger partial charge in [-0.15, -0.1) is 0 Å². The van der Waals surface area contributed by atoms with Gasteiger partial charge in [-0.25, -0.2) is 4.98 Å². The maximum atomic E-state index is 12.2. The van der Waals surface area contributed by atoms with Crippen LogP contribution < -0.4 is 10.2 Å². The molecule has 1 aromatic heterocycles. The minimum Gasteiger partial charge on any atom is -0.363 e. The minimum atomic E-state index is -0.121. The average Bonchev–Trinajstić information content (AvgIpc) is 2.47. The van der Waals surface area contributed by atoms with Crippen LogP contribution in [0.2, 0.25) is 0 Å². The Labute approximate surface area is 125 Å². The van der Waals surface area contributed by atoms with E-state index in [0.717, 1.165) is 5.82 Å². The maximum absolute atomic E-state index is 12.2. The van der Waals surface area contributed by atoms with Gasteiger partial charge < -0.3 is 10.2 Å². The van der Waals surface area contributed by atoms with Crippen LogP contribution in [0.5, 0.6) is 0 Å². The number of hydrogen-bond donors (Lipinski definition) is 1. The SMILES string of the molecule is CC(C)c1ccc(C(=O)Nc2ccc(N(C)C)nc2)cc1. The second-order valence-corrected chi connectivity index (χ2v) is 5.53. The molecule has 1 aromatic carbocycles. The Hall–Kier alpha value is -2.36. The summed E-state index contributed by atoms with van der Waals surface area (Å²) in [5.74, 6) is 1.20. The van der Waals surface area contributed by atoms with Crippen LogP contribution >= 0.6 is 0 Å². The van der Waals surface area contributed by atoms with Crippen molar-refractivity contribution in [1.82, 2.24) is 4.98 Å². The third-order valence-corrected chi connectivity index (χ3v) is 3.30. The van der Waals surface area contributed by atoms with Crippen LogP contribution in [0.4, 0.5) is 11.5 Å². The number of aromatic nitrogens is 1. The highest BCUT2D eigenvalue weighted by Crippen LogP contribution is 2.16. The van der Waals surface area contributed by atoms with E-state index in [4.69, 9.17) is 0 Å². The summed E-state index contributed by atoms with van der Waals surface area (Å²) in [4.78, 5) is 18.4. The average molecular weight is 283 g/mol. The zero-order valence-corrected chi connectivity index (χ0v) is 12.9. The summed E-state index contributed by atoms with van der Waals surface area (Å²) >= 11 is 0. The van der Waals surface area contributed by atoms with Crippen LogP contribution in [0.15, 0.2) is 42.6 Å². The fourth-order valence-electron chi connectivity index (χ4n) is 1.95. The first kappa shape index (κ1) is 15.0. The Morgan fingerprint density at radius 3 is 2.24 bits per heavy atom. The van der Waals surface area contributed by atoms with E-state index >= 15 is 0 Å². The number of amides is 1. The summed E-state index contributed by atoms with van der Waals surface area (Å²) in [5, 5.41) is 2.85. The molecular weight excluding hydrogens is 262 g/mol. The van der Waals surface area contributed by atoms with Crippen molar-refractivity contribution in [3.63, 3.8) is 0 Å². The first-order valence-corrected chi connectivity index (χ1v) is 7.02. The highest BCUT2D eigenvalue weighted by molar-refractivity contribution is 6.04. The number of carbonyl (C=O) groups excluding carboxylic acids is 1. The molecule has 1 heterocycles. The summed E-state index contributed by atoms with van der Waals surface area (Å²) in [7, 11) is 3.85. The van der Waals surface area contributed by atoms with Crippen LogP contribution in [-0.4, -0.2) is 25.0 Å². The van der Waals surface area contributed by atoms with Gasteiger partial charge in [-0.3, -0.25) is 4.79 Å². The van der Waals surface area contributed by atoms with E-state index in [1.807, 2.05) is 55.4 Å². The van der Waals surface area contributed by atoms with Gasteiger partial charge in [-0.1, -0.05) is 26.0 Å². The Morgan fingerprint density at radius 2 is 1.76 bits per heavy atom. The van der Waals surface area contributed by atoms with Crippen LogP contribution in [0, 0.1) is 0 Å². The molecule has 0 aliphatic carbocycles. The quantitative estimate of drug-likeness (QED) is 0.933. The van der Waals surface area contributed by atoms with E-state index in [0.29, 0.717) is 17.2 Å². The minimum absolute atomic E-state index is 0.121. The lowest BCUT2D eigenvalue weighted by Gasteiger charge is -2.12. The van der Waals surface area contributed by atoms with Crippen molar-refractivity contribution in [3.05, 3.63) is 53.7 Å². The Kier molecular flexibility index (Phi) is 4.58. The number of benzene rings is 1. The lowest BCUT2D eigenvalue weighted by atomic mass is 10.0. The van der Waals surface area contributed by atoms with Gasteiger partial charge in [0.25, 0.3) is 5.91 Å². The van der Waals surface area contributed by atoms with Gasteiger partial charge in [-0.05, 0) is 35.7 Å². The zero-order valence-electron chi connectivity index (χ0n) is 12.9. The monoisotopic (exact) mass is 283 g/mol. The molecule has 4 nitrogen and oxygen atoms in total. The number of nitrogens with one attached hydrogen (secondary N) is 1. The zero-order chi connectivity index (χ0) is 15.4. The molecule has 1 amide bonds. The van der Waals surface area contributed by atoms with E-state index in [2.05, 4.69) is 24.1 Å². The molecule has 2 aromatic rings. The molecule has 21 heavy (non-hydrogen) atoms. The fraction of sp³-hybridized carbons (Fsp3) is 0.294. The third kappa shape index (κ3) is 3.81. The smallest absolute Gasteiger partial charge is 0.255 e. The maximum Gasteiger partial charge on any atom is 0.255 e. The number of pyridine rings is 1. The van der Waals surface area contributed by atoms with Crippen LogP contribution in [0.3, 0.4) is 0 Å². The fourth-order valence-corrected chi connectivity index (χ4v) is 1.95. The highest BCUT2D eigenvalue weighted by Gasteiger charge is 2.07. The molecule has 0 saturated carbocycles. The van der Waals surface area contributed by atoms with Gasteiger partial charge >= 0.3 is 0 Å².